The van der Waals surface area contributed by atoms with E-state index in [4.69, 9.17) is 18.9 Å². The van der Waals surface area contributed by atoms with Crippen LogP contribution in [0, 0.1) is 0 Å². The summed E-state index contributed by atoms with van der Waals surface area (Å²) in [5.41, 5.74) is 6.50. The van der Waals surface area contributed by atoms with Crippen molar-refractivity contribution in [2.24, 2.45) is 0 Å². The Balaban J connectivity index is 1.13. The molecule has 4 amide bonds. The number of carbonyl (C=O) groups is 4. The third kappa shape index (κ3) is 11.3. The van der Waals surface area contributed by atoms with Gasteiger partial charge >= 0.3 is 18.3 Å². The van der Waals surface area contributed by atoms with E-state index in [1.807, 2.05) is 60.7 Å². The molecule has 0 saturated carbocycles. The van der Waals surface area contributed by atoms with Crippen molar-refractivity contribution < 1.29 is 38.1 Å². The lowest BCUT2D eigenvalue weighted by atomic mass is 10.0. The standard InChI is InChI=1S/C34H34N4O8/c1-23(39)35-28-11-3-24(4-12-28)19-25-7-15-30(16-8-25)37-33(41)45-22-46-34(42)38-31-17-9-27(10-18-31)20-26-5-13-29(14-6-26)36-32(40)44-21-43-2/h3-18H,19-22H2,1-2H3,(H,35,39)(H,36,40)(H,37,41)(H,38,42). The molecular weight excluding hydrogens is 592 g/mol. The molecule has 4 aromatic rings. The predicted molar refractivity (Wildman–Crippen MR) is 173 cm³/mol. The van der Waals surface area contributed by atoms with Gasteiger partial charge in [-0.25, -0.2) is 14.4 Å². The van der Waals surface area contributed by atoms with E-state index in [9.17, 15) is 19.2 Å². The monoisotopic (exact) mass is 626 g/mol. The average Bonchev–Trinajstić information content (AvgIpc) is 3.03. The Kier molecular flexibility index (Phi) is 12.1. The van der Waals surface area contributed by atoms with Crippen LogP contribution in [0.5, 0.6) is 0 Å². The molecule has 0 aliphatic carbocycles. The smallest absolute Gasteiger partial charge is 0.414 e. The van der Waals surface area contributed by atoms with Crippen LogP contribution in [0.1, 0.15) is 29.2 Å². The lowest BCUT2D eigenvalue weighted by molar-refractivity contribution is -0.114. The fraction of sp³-hybridized carbons (Fsp3) is 0.176. The quantitative estimate of drug-likeness (QED) is 0.126. The van der Waals surface area contributed by atoms with Crippen molar-refractivity contribution in [1.29, 1.82) is 0 Å². The summed E-state index contributed by atoms with van der Waals surface area (Å²) in [5, 5.41) is 10.5. The molecule has 12 heteroatoms. The highest BCUT2D eigenvalue weighted by atomic mass is 16.7. The van der Waals surface area contributed by atoms with Gasteiger partial charge in [-0.1, -0.05) is 48.5 Å². The SMILES string of the molecule is COCOC(=O)Nc1ccc(Cc2ccc(NC(=O)OCOC(=O)Nc3ccc(Cc4ccc(NC(C)=O)cc4)cc3)cc2)cc1. The molecule has 0 aliphatic heterocycles. The van der Waals surface area contributed by atoms with Crippen molar-refractivity contribution in [1.82, 2.24) is 0 Å². The molecule has 4 N–H and O–H groups in total. The number of benzene rings is 4. The van der Waals surface area contributed by atoms with Crippen molar-refractivity contribution in [2.45, 2.75) is 19.8 Å². The molecule has 0 aromatic heterocycles. The first-order valence-electron chi connectivity index (χ1n) is 14.2. The zero-order valence-corrected chi connectivity index (χ0v) is 25.3. The first kappa shape index (κ1) is 33.0. The summed E-state index contributed by atoms with van der Waals surface area (Å²) in [5.74, 6) is -0.122. The number of carbonyl (C=O) groups excluding carboxylic acids is 4. The molecule has 12 nitrogen and oxygen atoms in total. The fourth-order valence-electron chi connectivity index (χ4n) is 4.21. The molecule has 0 radical (unpaired) electrons. The summed E-state index contributed by atoms with van der Waals surface area (Å²) >= 11 is 0. The number of nitrogens with one attached hydrogen (secondary N) is 4. The third-order valence-corrected chi connectivity index (χ3v) is 6.38. The topological polar surface area (TPSA) is 153 Å². The van der Waals surface area contributed by atoms with Crippen LogP contribution in [0.25, 0.3) is 0 Å². The highest BCUT2D eigenvalue weighted by Gasteiger charge is 2.08. The molecule has 0 bridgehead atoms. The van der Waals surface area contributed by atoms with Crippen molar-refractivity contribution in [3.8, 4) is 0 Å². The van der Waals surface area contributed by atoms with Gasteiger partial charge in [0, 0.05) is 36.8 Å². The molecule has 238 valence electrons. The molecule has 46 heavy (non-hydrogen) atoms. The Morgan fingerprint density at radius 3 is 1.02 bits per heavy atom. The maximum Gasteiger partial charge on any atom is 0.414 e. The minimum absolute atomic E-state index is 0.122. The van der Waals surface area contributed by atoms with Crippen molar-refractivity contribution in [3.63, 3.8) is 0 Å². The number of hydrogen-bond donors (Lipinski definition) is 4. The van der Waals surface area contributed by atoms with Gasteiger partial charge in [-0.05, 0) is 83.6 Å². The molecule has 0 fully saturated rings. The van der Waals surface area contributed by atoms with Gasteiger partial charge in [0.05, 0.1) is 0 Å². The minimum Gasteiger partial charge on any atom is -0.422 e. The van der Waals surface area contributed by atoms with Gasteiger partial charge in [0.15, 0.2) is 6.79 Å². The van der Waals surface area contributed by atoms with Crippen LogP contribution in [0.3, 0.4) is 0 Å². The van der Waals surface area contributed by atoms with Crippen LogP contribution in [0.15, 0.2) is 97.1 Å². The Bertz CT molecular complexity index is 1610. The number of rotatable bonds is 12. The Labute approximate surface area is 266 Å². The molecule has 0 aliphatic rings. The second kappa shape index (κ2) is 16.8. The van der Waals surface area contributed by atoms with Gasteiger partial charge in [0.1, 0.15) is 0 Å². The van der Waals surface area contributed by atoms with Crippen molar-refractivity contribution in [2.75, 3.05) is 42.0 Å². The van der Waals surface area contributed by atoms with E-state index in [-0.39, 0.29) is 12.7 Å². The Morgan fingerprint density at radius 2 is 0.739 bits per heavy atom. The maximum absolute atomic E-state index is 12.1. The van der Waals surface area contributed by atoms with Gasteiger partial charge in [-0.15, -0.1) is 0 Å². The predicted octanol–water partition coefficient (Wildman–Crippen LogP) is 6.73. The first-order valence-corrected chi connectivity index (χ1v) is 14.2. The molecule has 4 rings (SSSR count). The lowest BCUT2D eigenvalue weighted by Gasteiger charge is -2.10. The highest BCUT2D eigenvalue weighted by molar-refractivity contribution is 5.88. The molecular formula is C34H34N4O8. The van der Waals surface area contributed by atoms with Gasteiger partial charge in [0.2, 0.25) is 12.7 Å². The largest absolute Gasteiger partial charge is 0.422 e. The van der Waals surface area contributed by atoms with Crippen LogP contribution in [-0.4, -0.2) is 44.9 Å². The molecule has 0 heterocycles. The zero-order chi connectivity index (χ0) is 32.7. The highest BCUT2D eigenvalue weighted by Crippen LogP contribution is 2.18. The second-order valence-electron chi connectivity index (χ2n) is 10.0. The van der Waals surface area contributed by atoms with Crippen LogP contribution >= 0.6 is 0 Å². The number of methoxy groups -OCH3 is 1. The lowest BCUT2D eigenvalue weighted by Crippen LogP contribution is -2.20. The van der Waals surface area contributed by atoms with E-state index >= 15 is 0 Å². The first-order chi connectivity index (χ1) is 22.2. The van der Waals surface area contributed by atoms with Crippen LogP contribution < -0.4 is 21.3 Å². The summed E-state index contributed by atoms with van der Waals surface area (Å²) in [7, 11) is 1.43. The zero-order valence-electron chi connectivity index (χ0n) is 25.3. The maximum atomic E-state index is 12.1. The van der Waals surface area contributed by atoms with Crippen LogP contribution in [0.2, 0.25) is 0 Å². The van der Waals surface area contributed by atoms with Gasteiger partial charge in [-0.2, -0.15) is 0 Å². The van der Waals surface area contributed by atoms with E-state index in [0.29, 0.717) is 29.9 Å². The average molecular weight is 627 g/mol. The summed E-state index contributed by atoms with van der Waals surface area (Å²) in [6.45, 7) is 0.761. The summed E-state index contributed by atoms with van der Waals surface area (Å²) in [4.78, 5) is 47.0. The van der Waals surface area contributed by atoms with E-state index in [0.717, 1.165) is 27.9 Å². The van der Waals surface area contributed by atoms with Gasteiger partial charge in [0.25, 0.3) is 0 Å². The number of hydrogen-bond acceptors (Lipinski definition) is 8. The Morgan fingerprint density at radius 1 is 0.457 bits per heavy atom. The number of anilines is 4. The van der Waals surface area contributed by atoms with Crippen LogP contribution in [0.4, 0.5) is 37.1 Å². The molecule has 0 saturated heterocycles. The van der Waals surface area contributed by atoms with Gasteiger partial charge < -0.3 is 24.3 Å². The Hall–Kier alpha value is -5.88. The number of ether oxygens (including phenoxy) is 4. The second-order valence-corrected chi connectivity index (χ2v) is 10.0. The third-order valence-electron chi connectivity index (χ3n) is 6.38. The molecule has 0 atom stereocenters. The molecule has 0 unspecified atom stereocenters. The number of amides is 4. The fourth-order valence-corrected chi connectivity index (χ4v) is 4.21. The molecule has 0 spiro atoms. The van der Waals surface area contributed by atoms with E-state index < -0.39 is 25.1 Å². The van der Waals surface area contributed by atoms with E-state index in [1.165, 1.54) is 14.0 Å². The van der Waals surface area contributed by atoms with Crippen molar-refractivity contribution >= 4 is 46.9 Å². The van der Waals surface area contributed by atoms with E-state index in [2.05, 4.69) is 21.3 Å². The summed E-state index contributed by atoms with van der Waals surface area (Å²) in [6.07, 6.45) is -0.830. The van der Waals surface area contributed by atoms with Gasteiger partial charge in [-0.3, -0.25) is 20.7 Å². The molecule has 4 aromatic carbocycles. The van der Waals surface area contributed by atoms with Crippen LogP contribution in [-0.2, 0) is 36.6 Å². The van der Waals surface area contributed by atoms with Crippen molar-refractivity contribution in [3.05, 3.63) is 119 Å². The summed E-state index contributed by atoms with van der Waals surface area (Å²) < 4.78 is 19.4. The summed E-state index contributed by atoms with van der Waals surface area (Å²) in [6, 6.07) is 29.3. The normalized spacial score (nSPS) is 10.3. The van der Waals surface area contributed by atoms with E-state index in [1.54, 1.807) is 36.4 Å². The minimum atomic E-state index is -0.776.